The van der Waals surface area contributed by atoms with E-state index in [9.17, 15) is 0 Å². The van der Waals surface area contributed by atoms with Crippen LogP contribution >= 0.6 is 12.4 Å². The number of halogens is 1. The van der Waals surface area contributed by atoms with Gasteiger partial charge in [0.05, 0.1) is 0 Å². The summed E-state index contributed by atoms with van der Waals surface area (Å²) < 4.78 is 0. The molecule has 0 bridgehead atoms. The summed E-state index contributed by atoms with van der Waals surface area (Å²) in [7, 11) is 2.05. The Hall–Kier alpha value is -0.570. The third-order valence-electron chi connectivity index (χ3n) is 3.73. The Morgan fingerprint density at radius 3 is 2.33 bits per heavy atom. The van der Waals surface area contributed by atoms with Gasteiger partial charge in [-0.25, -0.2) is 0 Å². The molecule has 2 nitrogen and oxygen atoms in total. The third kappa shape index (κ3) is 4.60. The average molecular weight is 269 g/mol. The Balaban J connectivity index is 0.00000162. The zero-order valence-electron chi connectivity index (χ0n) is 11.5. The zero-order valence-corrected chi connectivity index (χ0v) is 12.3. The second kappa shape index (κ2) is 7.78. The molecule has 102 valence electrons. The third-order valence-corrected chi connectivity index (χ3v) is 3.73. The molecule has 3 heteroatoms. The summed E-state index contributed by atoms with van der Waals surface area (Å²) in [6.45, 7) is 6.94. The standard InChI is InChI=1S/C15H24N2.ClH/c1-13-3-5-15(6-4-13)12-17-9-7-14(8-10-17)11-16-2;/h3-6,14,16H,7-12H2,1-2H3;1H. The van der Waals surface area contributed by atoms with Crippen LogP contribution in [-0.4, -0.2) is 31.6 Å². The first kappa shape index (κ1) is 15.5. The van der Waals surface area contributed by atoms with Crippen LogP contribution in [0.25, 0.3) is 0 Å². The van der Waals surface area contributed by atoms with Crippen LogP contribution in [0.15, 0.2) is 24.3 Å². The van der Waals surface area contributed by atoms with Crippen LogP contribution in [0.4, 0.5) is 0 Å². The molecule has 1 aromatic carbocycles. The van der Waals surface area contributed by atoms with Crippen molar-refractivity contribution in [1.29, 1.82) is 0 Å². The van der Waals surface area contributed by atoms with Gasteiger partial charge in [-0.2, -0.15) is 0 Å². The van der Waals surface area contributed by atoms with Crippen LogP contribution in [-0.2, 0) is 6.54 Å². The second-order valence-electron chi connectivity index (χ2n) is 5.26. The van der Waals surface area contributed by atoms with Gasteiger partial charge in [0.25, 0.3) is 0 Å². The summed E-state index contributed by atoms with van der Waals surface area (Å²) in [6, 6.07) is 8.94. The van der Waals surface area contributed by atoms with E-state index in [-0.39, 0.29) is 12.4 Å². The monoisotopic (exact) mass is 268 g/mol. The summed E-state index contributed by atoms with van der Waals surface area (Å²) in [5.41, 5.74) is 2.80. The number of hydrogen-bond acceptors (Lipinski definition) is 2. The molecule has 2 rings (SSSR count). The topological polar surface area (TPSA) is 15.3 Å². The molecule has 1 aliphatic rings. The normalized spacial score (nSPS) is 17.4. The van der Waals surface area contributed by atoms with Crippen LogP contribution in [0, 0.1) is 12.8 Å². The molecule has 0 radical (unpaired) electrons. The van der Waals surface area contributed by atoms with Crippen molar-refractivity contribution in [1.82, 2.24) is 10.2 Å². The number of nitrogens with one attached hydrogen (secondary N) is 1. The maximum absolute atomic E-state index is 3.29. The lowest BCUT2D eigenvalue weighted by Crippen LogP contribution is -2.36. The van der Waals surface area contributed by atoms with Crippen molar-refractivity contribution in [2.24, 2.45) is 5.92 Å². The van der Waals surface area contributed by atoms with Gasteiger partial charge in [-0.1, -0.05) is 29.8 Å². The highest BCUT2D eigenvalue weighted by molar-refractivity contribution is 5.85. The van der Waals surface area contributed by atoms with Gasteiger partial charge in [0, 0.05) is 6.54 Å². The maximum atomic E-state index is 3.29. The van der Waals surface area contributed by atoms with Crippen molar-refractivity contribution < 1.29 is 0 Å². The minimum atomic E-state index is 0. The molecule has 1 heterocycles. The van der Waals surface area contributed by atoms with Crippen molar-refractivity contribution in [3.8, 4) is 0 Å². The summed E-state index contributed by atoms with van der Waals surface area (Å²) in [6.07, 6.45) is 2.68. The van der Waals surface area contributed by atoms with E-state index in [4.69, 9.17) is 0 Å². The Labute approximate surface area is 117 Å². The lowest BCUT2D eigenvalue weighted by atomic mass is 9.96. The highest BCUT2D eigenvalue weighted by Gasteiger charge is 2.18. The number of nitrogens with zero attached hydrogens (tertiary/aromatic N) is 1. The van der Waals surface area contributed by atoms with Crippen LogP contribution in [0.1, 0.15) is 24.0 Å². The largest absolute Gasteiger partial charge is 0.319 e. The van der Waals surface area contributed by atoms with E-state index in [0.29, 0.717) is 0 Å². The molecular formula is C15H25ClN2. The van der Waals surface area contributed by atoms with E-state index in [1.807, 2.05) is 0 Å². The number of likely N-dealkylation sites (tertiary alicyclic amines) is 1. The predicted molar refractivity (Wildman–Crippen MR) is 80.4 cm³/mol. The maximum Gasteiger partial charge on any atom is 0.0233 e. The van der Waals surface area contributed by atoms with Crippen molar-refractivity contribution in [2.75, 3.05) is 26.7 Å². The number of aryl methyl sites for hydroxylation is 1. The van der Waals surface area contributed by atoms with Gasteiger partial charge in [0.15, 0.2) is 0 Å². The second-order valence-corrected chi connectivity index (χ2v) is 5.26. The Morgan fingerprint density at radius 1 is 1.17 bits per heavy atom. The number of benzene rings is 1. The van der Waals surface area contributed by atoms with Gasteiger partial charge in [-0.3, -0.25) is 4.90 Å². The number of piperidine rings is 1. The van der Waals surface area contributed by atoms with Gasteiger partial charge in [-0.05, 0) is 57.9 Å². The fraction of sp³-hybridized carbons (Fsp3) is 0.600. The van der Waals surface area contributed by atoms with Crippen LogP contribution in [0.3, 0.4) is 0 Å². The molecule has 0 saturated carbocycles. The van der Waals surface area contributed by atoms with Crippen molar-refractivity contribution >= 4 is 12.4 Å². The van der Waals surface area contributed by atoms with Crippen LogP contribution < -0.4 is 5.32 Å². The van der Waals surface area contributed by atoms with E-state index in [0.717, 1.165) is 12.5 Å². The minimum absolute atomic E-state index is 0. The Kier molecular flexibility index (Phi) is 6.69. The molecule has 1 aromatic rings. The van der Waals surface area contributed by atoms with Gasteiger partial charge in [0.1, 0.15) is 0 Å². The SMILES string of the molecule is CNCC1CCN(Cc2ccc(C)cc2)CC1.Cl. The molecule has 1 saturated heterocycles. The van der Waals surface area contributed by atoms with Crippen molar-refractivity contribution in [2.45, 2.75) is 26.3 Å². The minimum Gasteiger partial charge on any atom is -0.319 e. The lowest BCUT2D eigenvalue weighted by molar-refractivity contribution is 0.177. The fourth-order valence-corrected chi connectivity index (χ4v) is 2.59. The quantitative estimate of drug-likeness (QED) is 0.903. The predicted octanol–water partition coefficient (Wildman–Crippen LogP) is 2.85. The molecule has 0 aromatic heterocycles. The molecule has 0 amide bonds. The van der Waals surface area contributed by atoms with Gasteiger partial charge in [-0.15, -0.1) is 12.4 Å². The molecule has 0 atom stereocenters. The van der Waals surface area contributed by atoms with E-state index in [1.54, 1.807) is 0 Å². The van der Waals surface area contributed by atoms with Gasteiger partial charge < -0.3 is 5.32 Å². The smallest absolute Gasteiger partial charge is 0.0233 e. The van der Waals surface area contributed by atoms with Gasteiger partial charge in [0.2, 0.25) is 0 Å². The van der Waals surface area contributed by atoms with E-state index >= 15 is 0 Å². The van der Waals surface area contributed by atoms with Crippen LogP contribution in [0.2, 0.25) is 0 Å². The average Bonchev–Trinajstić information content (AvgIpc) is 2.35. The molecule has 18 heavy (non-hydrogen) atoms. The Morgan fingerprint density at radius 2 is 1.78 bits per heavy atom. The number of hydrogen-bond donors (Lipinski definition) is 1. The Bertz CT molecular complexity index is 329. The molecule has 0 spiro atoms. The zero-order chi connectivity index (χ0) is 12.1. The molecule has 1 N–H and O–H groups in total. The molecule has 1 aliphatic heterocycles. The molecule has 1 fully saturated rings. The summed E-state index contributed by atoms with van der Waals surface area (Å²) in [5.74, 6) is 0.884. The first-order valence-electron chi connectivity index (χ1n) is 6.70. The summed E-state index contributed by atoms with van der Waals surface area (Å²) >= 11 is 0. The lowest BCUT2D eigenvalue weighted by Gasteiger charge is -2.31. The highest BCUT2D eigenvalue weighted by Crippen LogP contribution is 2.18. The summed E-state index contributed by atoms with van der Waals surface area (Å²) in [4.78, 5) is 2.58. The van der Waals surface area contributed by atoms with Crippen molar-refractivity contribution in [3.63, 3.8) is 0 Å². The van der Waals surface area contributed by atoms with Crippen molar-refractivity contribution in [3.05, 3.63) is 35.4 Å². The molecule has 0 aliphatic carbocycles. The highest BCUT2D eigenvalue weighted by atomic mass is 35.5. The summed E-state index contributed by atoms with van der Waals surface area (Å²) in [5, 5.41) is 3.29. The van der Waals surface area contributed by atoms with Gasteiger partial charge >= 0.3 is 0 Å². The van der Waals surface area contributed by atoms with E-state index in [2.05, 4.69) is 48.5 Å². The van der Waals surface area contributed by atoms with E-state index in [1.165, 1.54) is 43.6 Å². The number of rotatable bonds is 4. The first-order valence-corrected chi connectivity index (χ1v) is 6.70. The molecular weight excluding hydrogens is 244 g/mol. The fourth-order valence-electron chi connectivity index (χ4n) is 2.59. The first-order chi connectivity index (χ1) is 8.28. The van der Waals surface area contributed by atoms with Crippen LogP contribution in [0.5, 0.6) is 0 Å². The van der Waals surface area contributed by atoms with E-state index < -0.39 is 0 Å². The molecule has 0 unspecified atom stereocenters.